The Morgan fingerprint density at radius 2 is 1.85 bits per heavy atom. The molecule has 2 N–H and O–H groups in total. The van der Waals surface area contributed by atoms with E-state index in [4.69, 9.17) is 4.74 Å². The maximum atomic E-state index is 12.8. The molecule has 0 heterocycles. The Morgan fingerprint density at radius 3 is 2.48 bits per heavy atom. The quantitative estimate of drug-likeness (QED) is 0.754. The summed E-state index contributed by atoms with van der Waals surface area (Å²) < 4.78 is 5.41. The van der Waals surface area contributed by atoms with Gasteiger partial charge in [-0.1, -0.05) is 37.3 Å². The molecule has 0 aliphatic heterocycles. The molecule has 0 aromatic heterocycles. The number of nitrogens with one attached hydrogen (secondary N) is 1. The second kappa shape index (κ2) is 6.93. The number of rotatable bonds is 6. The average molecular weight is 371 g/mol. The number of hydrogen-bond donors (Lipinski definition) is 2. The lowest BCUT2D eigenvalue weighted by Gasteiger charge is -2.58. The van der Waals surface area contributed by atoms with Crippen LogP contribution >= 0.6 is 0 Å². The fourth-order valence-corrected chi connectivity index (χ4v) is 5.95. The Labute approximate surface area is 160 Å². The number of amides is 1. The molecule has 1 aromatic carbocycles. The normalized spacial score (nSPS) is 34.9. The van der Waals surface area contributed by atoms with Crippen LogP contribution in [-0.4, -0.2) is 35.7 Å². The minimum atomic E-state index is -0.698. The van der Waals surface area contributed by atoms with E-state index in [0.29, 0.717) is 24.8 Å². The molecule has 4 bridgehead atoms. The van der Waals surface area contributed by atoms with Gasteiger partial charge < -0.3 is 15.2 Å². The monoisotopic (exact) mass is 371 g/mol. The third-order valence-electron chi connectivity index (χ3n) is 6.77. The summed E-state index contributed by atoms with van der Waals surface area (Å²) in [6.07, 6.45) is 4.86. The van der Waals surface area contributed by atoms with Crippen molar-refractivity contribution >= 4 is 11.9 Å². The Kier molecular flexibility index (Phi) is 4.75. The molecule has 4 aliphatic rings. The maximum Gasteiger partial charge on any atom is 0.312 e. The second-order valence-electron chi connectivity index (χ2n) is 9.16. The van der Waals surface area contributed by atoms with Gasteiger partial charge in [0.05, 0.1) is 11.0 Å². The number of carbonyl (C=O) groups excluding carboxylic acids is 2. The van der Waals surface area contributed by atoms with Crippen LogP contribution < -0.4 is 5.32 Å². The molecule has 146 valence electrons. The van der Waals surface area contributed by atoms with Crippen molar-refractivity contribution in [3.8, 4) is 0 Å². The van der Waals surface area contributed by atoms with Crippen molar-refractivity contribution in [3.05, 3.63) is 35.9 Å². The molecular weight excluding hydrogens is 342 g/mol. The van der Waals surface area contributed by atoms with Crippen molar-refractivity contribution in [3.63, 3.8) is 0 Å². The van der Waals surface area contributed by atoms with Gasteiger partial charge in [0.15, 0.2) is 6.61 Å². The van der Waals surface area contributed by atoms with E-state index in [-0.39, 0.29) is 24.4 Å². The van der Waals surface area contributed by atoms with Gasteiger partial charge in [0.25, 0.3) is 5.91 Å². The summed E-state index contributed by atoms with van der Waals surface area (Å²) in [4.78, 5) is 24.9. The summed E-state index contributed by atoms with van der Waals surface area (Å²) in [5, 5.41) is 13.6. The summed E-state index contributed by atoms with van der Waals surface area (Å²) >= 11 is 0. The van der Waals surface area contributed by atoms with Crippen LogP contribution in [-0.2, 0) is 14.3 Å². The van der Waals surface area contributed by atoms with Crippen molar-refractivity contribution in [2.24, 2.45) is 17.3 Å². The third kappa shape index (κ3) is 3.75. The zero-order valence-electron chi connectivity index (χ0n) is 15.9. The molecule has 1 amide bonds. The summed E-state index contributed by atoms with van der Waals surface area (Å²) in [5.41, 5.74) is -0.107. The third-order valence-corrected chi connectivity index (χ3v) is 6.77. The first-order chi connectivity index (χ1) is 12.9. The standard InChI is InChI=1S/C22H29NO4/c1-15(18-5-3-2-4-6-18)12-23-19(24)13-27-20(25)21-8-16-7-17(9-21)11-22(26,10-16)14-21/h2-6,15-17,26H,7-14H2,1H3,(H,23,24)/t15-,16-,17+,21?,22?/m1/s1. The Hall–Kier alpha value is -1.88. The number of benzene rings is 1. The van der Waals surface area contributed by atoms with E-state index >= 15 is 0 Å². The highest BCUT2D eigenvalue weighted by atomic mass is 16.5. The van der Waals surface area contributed by atoms with Gasteiger partial charge in [-0.05, 0) is 61.8 Å². The van der Waals surface area contributed by atoms with Crippen LogP contribution in [0.1, 0.15) is 56.9 Å². The van der Waals surface area contributed by atoms with E-state index < -0.39 is 11.0 Å². The zero-order chi connectivity index (χ0) is 19.1. The molecule has 1 aromatic rings. The molecule has 0 radical (unpaired) electrons. The van der Waals surface area contributed by atoms with Crippen molar-refractivity contribution in [1.29, 1.82) is 0 Å². The number of aliphatic hydroxyl groups is 1. The molecule has 5 nitrogen and oxygen atoms in total. The zero-order valence-corrected chi connectivity index (χ0v) is 15.9. The van der Waals surface area contributed by atoms with E-state index in [0.717, 1.165) is 37.7 Å². The predicted octanol–water partition coefficient (Wildman–Crippen LogP) is 2.78. The van der Waals surface area contributed by atoms with E-state index in [1.807, 2.05) is 30.3 Å². The van der Waals surface area contributed by atoms with Gasteiger partial charge in [0.1, 0.15) is 0 Å². The summed E-state index contributed by atoms with van der Waals surface area (Å²) in [7, 11) is 0. The topological polar surface area (TPSA) is 75.6 Å². The highest BCUT2D eigenvalue weighted by molar-refractivity contribution is 5.83. The Morgan fingerprint density at radius 1 is 1.19 bits per heavy atom. The SMILES string of the molecule is C[C@H](CNC(=O)COC(=O)C12C[C@@H]3C[C@@H](CC(O)(C3)C1)C2)c1ccccc1. The summed E-state index contributed by atoms with van der Waals surface area (Å²) in [6, 6.07) is 10.0. The van der Waals surface area contributed by atoms with Gasteiger partial charge in [-0.2, -0.15) is 0 Å². The van der Waals surface area contributed by atoms with Crippen LogP contribution in [0, 0.1) is 17.3 Å². The summed E-state index contributed by atoms with van der Waals surface area (Å²) in [6.45, 7) is 2.32. The fraction of sp³-hybridized carbons (Fsp3) is 0.636. The van der Waals surface area contributed by atoms with Crippen LogP contribution in [0.3, 0.4) is 0 Å². The van der Waals surface area contributed by atoms with Gasteiger partial charge in [0.2, 0.25) is 0 Å². The van der Waals surface area contributed by atoms with Gasteiger partial charge in [-0.15, -0.1) is 0 Å². The van der Waals surface area contributed by atoms with Crippen molar-refractivity contribution in [2.75, 3.05) is 13.2 Å². The maximum absolute atomic E-state index is 12.8. The molecular formula is C22H29NO4. The van der Waals surface area contributed by atoms with E-state index in [1.54, 1.807) is 0 Å². The minimum Gasteiger partial charge on any atom is -0.455 e. The smallest absolute Gasteiger partial charge is 0.312 e. The second-order valence-corrected chi connectivity index (χ2v) is 9.16. The van der Waals surface area contributed by atoms with Crippen molar-refractivity contribution < 1.29 is 19.4 Å². The Balaban J connectivity index is 1.27. The lowest BCUT2D eigenvalue weighted by atomic mass is 9.48. The van der Waals surface area contributed by atoms with Crippen LogP contribution in [0.25, 0.3) is 0 Å². The van der Waals surface area contributed by atoms with E-state index in [1.165, 1.54) is 0 Å². The fourth-order valence-electron chi connectivity index (χ4n) is 5.95. The molecule has 4 saturated carbocycles. The lowest BCUT2D eigenvalue weighted by molar-refractivity contribution is -0.196. The van der Waals surface area contributed by atoms with E-state index in [9.17, 15) is 14.7 Å². The molecule has 5 heteroatoms. The first kappa shape index (κ1) is 18.5. The number of hydrogen-bond acceptors (Lipinski definition) is 4. The molecule has 4 aliphatic carbocycles. The number of ether oxygens (including phenoxy) is 1. The molecule has 27 heavy (non-hydrogen) atoms. The number of carbonyl (C=O) groups is 2. The first-order valence-corrected chi connectivity index (χ1v) is 10.1. The molecule has 0 saturated heterocycles. The van der Waals surface area contributed by atoms with Crippen LogP contribution in [0.15, 0.2) is 30.3 Å². The molecule has 4 fully saturated rings. The molecule has 5 atom stereocenters. The molecule has 0 spiro atoms. The van der Waals surface area contributed by atoms with Gasteiger partial charge in [-0.25, -0.2) is 0 Å². The van der Waals surface area contributed by atoms with Crippen LogP contribution in [0.4, 0.5) is 0 Å². The van der Waals surface area contributed by atoms with Gasteiger partial charge >= 0.3 is 5.97 Å². The first-order valence-electron chi connectivity index (χ1n) is 10.1. The summed E-state index contributed by atoms with van der Waals surface area (Å²) in [5.74, 6) is 0.479. The molecule has 5 rings (SSSR count). The number of esters is 1. The van der Waals surface area contributed by atoms with Crippen LogP contribution in [0.5, 0.6) is 0 Å². The van der Waals surface area contributed by atoms with Gasteiger partial charge in [0, 0.05) is 6.54 Å². The molecule has 2 unspecified atom stereocenters. The van der Waals surface area contributed by atoms with Gasteiger partial charge in [-0.3, -0.25) is 9.59 Å². The van der Waals surface area contributed by atoms with E-state index in [2.05, 4.69) is 12.2 Å². The largest absolute Gasteiger partial charge is 0.455 e. The highest BCUT2D eigenvalue weighted by Crippen LogP contribution is 2.61. The van der Waals surface area contributed by atoms with Crippen molar-refractivity contribution in [2.45, 2.75) is 57.0 Å². The minimum absolute atomic E-state index is 0.197. The lowest BCUT2D eigenvalue weighted by Crippen LogP contribution is -2.58. The van der Waals surface area contributed by atoms with Crippen LogP contribution in [0.2, 0.25) is 0 Å². The Bertz CT molecular complexity index is 702. The van der Waals surface area contributed by atoms with Crippen molar-refractivity contribution in [1.82, 2.24) is 5.32 Å². The highest BCUT2D eigenvalue weighted by Gasteiger charge is 2.60. The average Bonchev–Trinajstić information content (AvgIpc) is 2.62. The predicted molar refractivity (Wildman–Crippen MR) is 101 cm³/mol.